The Hall–Kier alpha value is -2.48. The first-order chi connectivity index (χ1) is 9.40. The molecule has 0 bridgehead atoms. The van der Waals surface area contributed by atoms with Crippen LogP contribution in [0.3, 0.4) is 0 Å². The van der Waals surface area contributed by atoms with Crippen molar-refractivity contribution in [2.75, 3.05) is 0 Å². The summed E-state index contributed by atoms with van der Waals surface area (Å²) >= 11 is 0. The van der Waals surface area contributed by atoms with Gasteiger partial charge in [0.15, 0.2) is 0 Å². The van der Waals surface area contributed by atoms with Crippen molar-refractivity contribution >= 4 is 21.8 Å². The Morgan fingerprint density at radius 3 is 2.45 bits per heavy atom. The van der Waals surface area contributed by atoms with Crippen LogP contribution in [0.5, 0.6) is 0 Å². The van der Waals surface area contributed by atoms with Crippen LogP contribution in [0.4, 0.5) is 5.69 Å². The Kier molecular flexibility index (Phi) is 3.66. The number of nitrogens with zero attached hydrogens (tertiary/aromatic N) is 3. The molecule has 0 aliphatic carbocycles. The maximum atomic E-state index is 12.0. The monoisotopic (exact) mass is 293 g/mol. The summed E-state index contributed by atoms with van der Waals surface area (Å²) in [4.78, 5) is 13.8. The topological polar surface area (TPSA) is 95.1 Å². The summed E-state index contributed by atoms with van der Waals surface area (Å²) in [7, 11) is -3.63. The third kappa shape index (κ3) is 2.91. The largest absolute Gasteiger partial charge is 0.269 e. The quantitative estimate of drug-likeness (QED) is 0.634. The van der Waals surface area contributed by atoms with E-state index in [1.807, 2.05) is 0 Å². The minimum absolute atomic E-state index is 0.0459. The fourth-order valence-corrected chi connectivity index (χ4v) is 2.67. The number of hydrogen-bond acceptors (Lipinski definition) is 5. The van der Waals surface area contributed by atoms with E-state index in [4.69, 9.17) is 0 Å². The molecule has 2 rings (SSSR count). The van der Waals surface area contributed by atoms with E-state index in [0.717, 1.165) is 9.38 Å². The van der Waals surface area contributed by atoms with E-state index in [-0.39, 0.29) is 5.69 Å². The number of non-ortho nitro benzene ring substituents is 1. The third-order valence-electron chi connectivity index (χ3n) is 2.59. The van der Waals surface area contributed by atoms with Crippen LogP contribution >= 0.6 is 0 Å². The van der Waals surface area contributed by atoms with E-state index in [9.17, 15) is 18.5 Å². The second kappa shape index (κ2) is 5.25. The van der Waals surface area contributed by atoms with E-state index in [0.29, 0.717) is 11.4 Å². The Balaban J connectivity index is 2.25. The molecule has 104 valence electrons. The molecular formula is C12H11N3O4S. The molecule has 2 aromatic rings. The van der Waals surface area contributed by atoms with Gasteiger partial charge in [0.25, 0.3) is 15.7 Å². The van der Waals surface area contributed by atoms with Crippen molar-refractivity contribution in [1.29, 1.82) is 0 Å². The molecule has 0 unspecified atom stereocenters. The van der Waals surface area contributed by atoms with Crippen molar-refractivity contribution < 1.29 is 13.3 Å². The molecule has 0 radical (unpaired) electrons. The van der Waals surface area contributed by atoms with Crippen molar-refractivity contribution in [2.24, 2.45) is 0 Å². The SMILES string of the molecule is Cc1nccn1S(=O)(=O)C=Cc1ccc([N+](=O)[O-])cc1. The molecule has 8 heteroatoms. The summed E-state index contributed by atoms with van der Waals surface area (Å²) in [6.45, 7) is 1.58. The van der Waals surface area contributed by atoms with Crippen LogP contribution in [-0.2, 0) is 10.0 Å². The van der Waals surface area contributed by atoms with E-state index >= 15 is 0 Å². The van der Waals surface area contributed by atoms with E-state index in [2.05, 4.69) is 4.98 Å². The van der Waals surface area contributed by atoms with Gasteiger partial charge in [0.1, 0.15) is 5.82 Å². The van der Waals surface area contributed by atoms with Gasteiger partial charge in [0.2, 0.25) is 0 Å². The molecule has 0 atom stereocenters. The minimum atomic E-state index is -3.63. The van der Waals surface area contributed by atoms with Gasteiger partial charge in [0.05, 0.1) is 10.3 Å². The molecule has 0 saturated carbocycles. The van der Waals surface area contributed by atoms with Gasteiger partial charge in [0, 0.05) is 24.5 Å². The maximum Gasteiger partial charge on any atom is 0.269 e. The van der Waals surface area contributed by atoms with Crippen molar-refractivity contribution in [3.63, 3.8) is 0 Å². The predicted molar refractivity (Wildman–Crippen MR) is 73.4 cm³/mol. The van der Waals surface area contributed by atoms with Crippen molar-refractivity contribution in [3.05, 3.63) is 63.6 Å². The molecular weight excluding hydrogens is 282 g/mol. The lowest BCUT2D eigenvalue weighted by atomic mass is 10.2. The van der Waals surface area contributed by atoms with Crippen LogP contribution in [-0.4, -0.2) is 22.3 Å². The summed E-state index contributed by atoms with van der Waals surface area (Å²) in [6.07, 6.45) is 4.12. The summed E-state index contributed by atoms with van der Waals surface area (Å²) in [6, 6.07) is 5.58. The van der Waals surface area contributed by atoms with Gasteiger partial charge in [-0.2, -0.15) is 0 Å². The average molecular weight is 293 g/mol. The van der Waals surface area contributed by atoms with Gasteiger partial charge in [-0.3, -0.25) is 10.1 Å². The highest BCUT2D eigenvalue weighted by Gasteiger charge is 2.11. The normalized spacial score (nSPS) is 11.8. The van der Waals surface area contributed by atoms with Crippen LogP contribution in [0.15, 0.2) is 42.1 Å². The van der Waals surface area contributed by atoms with Crippen LogP contribution in [0, 0.1) is 17.0 Å². The van der Waals surface area contributed by atoms with Crippen molar-refractivity contribution in [2.45, 2.75) is 6.92 Å². The van der Waals surface area contributed by atoms with Crippen molar-refractivity contribution in [3.8, 4) is 0 Å². The van der Waals surface area contributed by atoms with Crippen LogP contribution in [0.25, 0.3) is 6.08 Å². The number of benzene rings is 1. The number of aromatic nitrogens is 2. The highest BCUT2D eigenvalue weighted by atomic mass is 32.2. The Labute approximate surface area is 115 Å². The number of hydrogen-bond donors (Lipinski definition) is 0. The summed E-state index contributed by atoms with van der Waals surface area (Å²) in [5.41, 5.74) is 0.507. The van der Waals surface area contributed by atoms with Crippen LogP contribution in [0.2, 0.25) is 0 Å². The molecule has 0 aliphatic heterocycles. The van der Waals surface area contributed by atoms with E-state index < -0.39 is 14.9 Å². The van der Waals surface area contributed by atoms with Crippen LogP contribution < -0.4 is 0 Å². The highest BCUT2D eigenvalue weighted by Crippen LogP contribution is 2.14. The van der Waals surface area contributed by atoms with Gasteiger partial charge >= 0.3 is 0 Å². The van der Waals surface area contributed by atoms with Gasteiger partial charge in [-0.25, -0.2) is 17.4 Å². The Bertz CT molecular complexity index is 760. The van der Waals surface area contributed by atoms with Crippen LogP contribution in [0.1, 0.15) is 11.4 Å². The summed E-state index contributed by atoms with van der Waals surface area (Å²) in [5.74, 6) is 0.360. The standard InChI is InChI=1S/C12H11N3O4S/c1-10-13-7-8-14(10)20(18,19)9-6-11-2-4-12(5-3-11)15(16)17/h2-9H,1H3. The summed E-state index contributed by atoms with van der Waals surface area (Å²) < 4.78 is 25.0. The molecule has 0 amide bonds. The van der Waals surface area contributed by atoms with E-state index in [1.165, 1.54) is 42.7 Å². The molecule has 0 N–H and O–H groups in total. The number of aryl methyl sites for hydroxylation is 1. The smallest absolute Gasteiger partial charge is 0.258 e. The second-order valence-corrected chi connectivity index (χ2v) is 5.66. The van der Waals surface area contributed by atoms with Gasteiger partial charge in [-0.05, 0) is 30.7 Å². The minimum Gasteiger partial charge on any atom is -0.258 e. The first-order valence-electron chi connectivity index (χ1n) is 5.58. The van der Waals surface area contributed by atoms with Crippen molar-refractivity contribution in [1.82, 2.24) is 8.96 Å². The zero-order chi connectivity index (χ0) is 14.8. The highest BCUT2D eigenvalue weighted by molar-refractivity contribution is 7.93. The molecule has 0 spiro atoms. The van der Waals surface area contributed by atoms with Gasteiger partial charge in [-0.1, -0.05) is 0 Å². The zero-order valence-corrected chi connectivity index (χ0v) is 11.3. The van der Waals surface area contributed by atoms with E-state index in [1.54, 1.807) is 6.92 Å². The lowest BCUT2D eigenvalue weighted by Crippen LogP contribution is -2.09. The lowest BCUT2D eigenvalue weighted by Gasteiger charge is -2.01. The lowest BCUT2D eigenvalue weighted by molar-refractivity contribution is -0.384. The zero-order valence-electron chi connectivity index (χ0n) is 10.5. The Morgan fingerprint density at radius 1 is 1.30 bits per heavy atom. The third-order valence-corrected chi connectivity index (χ3v) is 4.01. The fourth-order valence-electron chi connectivity index (χ4n) is 1.57. The number of nitro groups is 1. The Morgan fingerprint density at radius 2 is 1.95 bits per heavy atom. The number of imidazole rings is 1. The second-order valence-electron chi connectivity index (χ2n) is 3.97. The molecule has 20 heavy (non-hydrogen) atoms. The summed E-state index contributed by atoms with van der Waals surface area (Å²) in [5, 5.41) is 11.5. The van der Waals surface area contributed by atoms with Gasteiger partial charge < -0.3 is 0 Å². The molecule has 0 aliphatic rings. The molecule has 0 fully saturated rings. The first kappa shape index (κ1) is 13.9. The molecule has 1 aromatic heterocycles. The molecule has 0 saturated heterocycles. The number of rotatable bonds is 4. The molecule has 1 aromatic carbocycles. The maximum absolute atomic E-state index is 12.0. The fraction of sp³-hybridized carbons (Fsp3) is 0.0833. The predicted octanol–water partition coefficient (Wildman–Crippen LogP) is 1.95. The number of nitro benzene ring substituents is 1. The molecule has 1 heterocycles. The average Bonchev–Trinajstić information content (AvgIpc) is 2.84. The van der Waals surface area contributed by atoms with Gasteiger partial charge in [-0.15, -0.1) is 0 Å². The molecule has 7 nitrogen and oxygen atoms in total. The first-order valence-corrected chi connectivity index (χ1v) is 7.08.